The normalized spacial score (nSPS) is 10.8. The van der Waals surface area contributed by atoms with Crippen molar-refractivity contribution in [2.45, 2.75) is 0 Å². The number of nitrogens with one attached hydrogen (secondary N) is 2. The van der Waals surface area contributed by atoms with Crippen LogP contribution < -0.4 is 5.56 Å². The number of aromatic nitrogens is 4. The van der Waals surface area contributed by atoms with Gasteiger partial charge in [0, 0.05) is 24.0 Å². The number of H-pyrrole nitrogens is 2. The van der Waals surface area contributed by atoms with Crippen molar-refractivity contribution in [2.24, 2.45) is 0 Å². The van der Waals surface area contributed by atoms with Crippen molar-refractivity contribution >= 4 is 11.0 Å². The fourth-order valence-electron chi connectivity index (χ4n) is 1.62. The summed E-state index contributed by atoms with van der Waals surface area (Å²) in [7, 11) is 0. The van der Waals surface area contributed by atoms with E-state index in [0.717, 1.165) is 22.3 Å². The number of benzene rings is 1. The largest absolute Gasteiger partial charge is 0.298 e. The summed E-state index contributed by atoms with van der Waals surface area (Å²) in [5.74, 6) is 0. The predicted molar refractivity (Wildman–Crippen MR) is 59.9 cm³/mol. The van der Waals surface area contributed by atoms with Crippen LogP contribution in [-0.2, 0) is 0 Å². The van der Waals surface area contributed by atoms with Crippen molar-refractivity contribution in [3.63, 3.8) is 0 Å². The molecule has 0 unspecified atom stereocenters. The Morgan fingerprint density at radius 3 is 2.50 bits per heavy atom. The molecule has 2 N–H and O–H groups in total. The van der Waals surface area contributed by atoms with Gasteiger partial charge in [0.2, 0.25) is 0 Å². The molecular formula is C11H8N4O. The Morgan fingerprint density at radius 2 is 1.75 bits per heavy atom. The summed E-state index contributed by atoms with van der Waals surface area (Å²) in [6.45, 7) is 0. The predicted octanol–water partition coefficient (Wildman–Crippen LogP) is 1.31. The van der Waals surface area contributed by atoms with Crippen molar-refractivity contribution in [1.82, 2.24) is 20.2 Å². The molecule has 16 heavy (non-hydrogen) atoms. The van der Waals surface area contributed by atoms with E-state index in [9.17, 15) is 4.79 Å². The van der Waals surface area contributed by atoms with Crippen molar-refractivity contribution in [3.05, 3.63) is 47.0 Å². The molecule has 0 atom stereocenters. The van der Waals surface area contributed by atoms with E-state index >= 15 is 0 Å². The lowest BCUT2D eigenvalue weighted by atomic mass is 10.1. The highest BCUT2D eigenvalue weighted by atomic mass is 16.1. The molecule has 2 aromatic heterocycles. The molecule has 0 saturated carbocycles. The number of hydrogen-bond donors (Lipinski definition) is 2. The third kappa shape index (κ3) is 1.38. The van der Waals surface area contributed by atoms with E-state index in [1.165, 1.54) is 6.07 Å². The SMILES string of the molecule is O=c1cc(-c2ccc3nccnc3c2)[nH][nH]1. The van der Waals surface area contributed by atoms with Gasteiger partial charge >= 0.3 is 0 Å². The number of aromatic amines is 2. The van der Waals surface area contributed by atoms with Gasteiger partial charge in [-0.05, 0) is 12.1 Å². The summed E-state index contributed by atoms with van der Waals surface area (Å²) in [6, 6.07) is 7.18. The van der Waals surface area contributed by atoms with Crippen LogP contribution in [0.1, 0.15) is 0 Å². The smallest absolute Gasteiger partial charge is 0.264 e. The average Bonchev–Trinajstić information content (AvgIpc) is 2.75. The maximum Gasteiger partial charge on any atom is 0.264 e. The molecule has 5 heteroatoms. The van der Waals surface area contributed by atoms with Crippen LogP contribution in [-0.4, -0.2) is 20.2 Å². The van der Waals surface area contributed by atoms with Gasteiger partial charge in [-0.15, -0.1) is 0 Å². The molecule has 2 heterocycles. The van der Waals surface area contributed by atoms with Gasteiger partial charge in [0.05, 0.1) is 16.7 Å². The molecule has 0 radical (unpaired) electrons. The molecule has 0 saturated heterocycles. The van der Waals surface area contributed by atoms with Crippen molar-refractivity contribution in [2.75, 3.05) is 0 Å². The molecule has 3 aromatic rings. The Morgan fingerprint density at radius 1 is 0.938 bits per heavy atom. The lowest BCUT2D eigenvalue weighted by Gasteiger charge is -1.99. The monoisotopic (exact) mass is 212 g/mol. The summed E-state index contributed by atoms with van der Waals surface area (Å²) in [6.07, 6.45) is 3.30. The Kier molecular flexibility index (Phi) is 1.83. The van der Waals surface area contributed by atoms with E-state index in [4.69, 9.17) is 0 Å². The second-order valence-corrected chi connectivity index (χ2v) is 3.43. The summed E-state index contributed by atoms with van der Waals surface area (Å²) in [5, 5.41) is 5.30. The topological polar surface area (TPSA) is 74.4 Å². The fourth-order valence-corrected chi connectivity index (χ4v) is 1.62. The van der Waals surface area contributed by atoms with Crippen molar-refractivity contribution in [3.8, 4) is 11.3 Å². The highest BCUT2D eigenvalue weighted by Crippen LogP contribution is 2.18. The number of hydrogen-bond acceptors (Lipinski definition) is 3. The molecule has 0 spiro atoms. The van der Waals surface area contributed by atoms with Gasteiger partial charge in [-0.25, -0.2) is 0 Å². The first-order valence-corrected chi connectivity index (χ1v) is 4.82. The van der Waals surface area contributed by atoms with E-state index < -0.39 is 0 Å². The first-order chi connectivity index (χ1) is 7.83. The van der Waals surface area contributed by atoms with E-state index in [1.54, 1.807) is 12.4 Å². The van der Waals surface area contributed by atoms with E-state index in [0.29, 0.717) is 0 Å². The van der Waals surface area contributed by atoms with Gasteiger partial charge in [0.15, 0.2) is 0 Å². The Hall–Kier alpha value is -2.43. The van der Waals surface area contributed by atoms with Crippen LogP contribution in [0.4, 0.5) is 0 Å². The Bertz CT molecular complexity index is 698. The number of rotatable bonds is 1. The molecule has 5 nitrogen and oxygen atoms in total. The Balaban J connectivity index is 2.22. The molecule has 78 valence electrons. The van der Waals surface area contributed by atoms with E-state index in [-0.39, 0.29) is 5.56 Å². The molecule has 0 aliphatic rings. The van der Waals surface area contributed by atoms with Crippen LogP contribution in [0.5, 0.6) is 0 Å². The zero-order valence-corrected chi connectivity index (χ0v) is 8.27. The molecule has 0 fully saturated rings. The highest BCUT2D eigenvalue weighted by Gasteiger charge is 2.02. The minimum atomic E-state index is -0.144. The van der Waals surface area contributed by atoms with Gasteiger partial charge in [-0.3, -0.25) is 25.0 Å². The van der Waals surface area contributed by atoms with Gasteiger partial charge in [-0.2, -0.15) is 0 Å². The second-order valence-electron chi connectivity index (χ2n) is 3.43. The first-order valence-electron chi connectivity index (χ1n) is 4.82. The minimum absolute atomic E-state index is 0.144. The van der Waals surface area contributed by atoms with Gasteiger partial charge in [-0.1, -0.05) is 6.07 Å². The van der Waals surface area contributed by atoms with Gasteiger partial charge in [0.25, 0.3) is 5.56 Å². The first kappa shape index (κ1) is 8.84. The van der Waals surface area contributed by atoms with Crippen LogP contribution in [0.2, 0.25) is 0 Å². The van der Waals surface area contributed by atoms with Crippen molar-refractivity contribution < 1.29 is 0 Å². The average molecular weight is 212 g/mol. The van der Waals surface area contributed by atoms with Gasteiger partial charge in [0.1, 0.15) is 0 Å². The molecule has 0 aliphatic heterocycles. The van der Waals surface area contributed by atoms with Crippen LogP contribution in [0.15, 0.2) is 41.5 Å². The number of fused-ring (bicyclic) bond motifs is 1. The highest BCUT2D eigenvalue weighted by molar-refractivity contribution is 5.79. The molecular weight excluding hydrogens is 204 g/mol. The number of nitrogens with zero attached hydrogens (tertiary/aromatic N) is 2. The van der Waals surface area contributed by atoms with E-state index in [1.807, 2.05) is 18.2 Å². The molecule has 1 aromatic carbocycles. The zero-order chi connectivity index (χ0) is 11.0. The summed E-state index contributed by atoms with van der Waals surface area (Å²) >= 11 is 0. The minimum Gasteiger partial charge on any atom is -0.298 e. The van der Waals surface area contributed by atoms with Crippen molar-refractivity contribution in [1.29, 1.82) is 0 Å². The third-order valence-corrected chi connectivity index (χ3v) is 2.38. The quantitative estimate of drug-likeness (QED) is 0.638. The van der Waals surface area contributed by atoms with Gasteiger partial charge < -0.3 is 0 Å². The third-order valence-electron chi connectivity index (χ3n) is 2.38. The maximum atomic E-state index is 11.0. The maximum absolute atomic E-state index is 11.0. The molecule has 3 rings (SSSR count). The second kappa shape index (κ2) is 3.30. The lowest BCUT2D eigenvalue weighted by Crippen LogP contribution is -1.93. The summed E-state index contributed by atoms with van der Waals surface area (Å²) in [4.78, 5) is 19.4. The van der Waals surface area contributed by atoms with Crippen LogP contribution in [0.25, 0.3) is 22.3 Å². The van der Waals surface area contributed by atoms with Crippen LogP contribution >= 0.6 is 0 Å². The van der Waals surface area contributed by atoms with Crippen LogP contribution in [0.3, 0.4) is 0 Å². The Labute approximate surface area is 90.2 Å². The fraction of sp³-hybridized carbons (Fsp3) is 0. The standard InChI is InChI=1S/C11H8N4O/c16-11-6-9(14-15-11)7-1-2-8-10(5-7)13-4-3-12-8/h1-6H,(H2,14,15,16). The summed E-state index contributed by atoms with van der Waals surface area (Å²) in [5.41, 5.74) is 3.16. The summed E-state index contributed by atoms with van der Waals surface area (Å²) < 4.78 is 0. The lowest BCUT2D eigenvalue weighted by molar-refractivity contribution is 1.06. The van der Waals surface area contributed by atoms with Crippen LogP contribution in [0, 0.1) is 0 Å². The molecule has 0 bridgehead atoms. The van der Waals surface area contributed by atoms with E-state index in [2.05, 4.69) is 20.2 Å². The zero-order valence-electron chi connectivity index (χ0n) is 8.27. The molecule has 0 amide bonds. The molecule has 0 aliphatic carbocycles.